The summed E-state index contributed by atoms with van der Waals surface area (Å²) in [6, 6.07) is 12.5. The van der Waals surface area contributed by atoms with Gasteiger partial charge in [0.2, 0.25) is 0 Å². The van der Waals surface area contributed by atoms with E-state index in [0.717, 1.165) is 5.75 Å². The topological polar surface area (TPSA) is 50.7 Å². The second kappa shape index (κ2) is 6.20. The number of nitrogens with one attached hydrogen (secondary N) is 1. The number of phenols is 1. The monoisotopic (exact) mass is 279 g/mol. The summed E-state index contributed by atoms with van der Waals surface area (Å²) < 4.78 is 10.5. The van der Waals surface area contributed by atoms with Crippen LogP contribution in [0.1, 0.15) is 0 Å². The van der Waals surface area contributed by atoms with E-state index in [2.05, 4.69) is 5.32 Å². The number of hydrogen-bond acceptors (Lipinski definition) is 4. The Morgan fingerprint density at radius 3 is 2.63 bits per heavy atom. The predicted molar refractivity (Wildman–Crippen MR) is 75.2 cm³/mol. The predicted octanol–water partition coefficient (Wildman–Crippen LogP) is 3.50. The summed E-state index contributed by atoms with van der Waals surface area (Å²) in [5.74, 6) is 1.06. The van der Waals surface area contributed by atoms with Crippen molar-refractivity contribution < 1.29 is 14.6 Å². The van der Waals surface area contributed by atoms with E-state index in [9.17, 15) is 5.11 Å². The van der Waals surface area contributed by atoms with E-state index in [1.165, 1.54) is 7.11 Å². The Bertz CT molecular complexity index is 546. The maximum atomic E-state index is 9.91. The molecule has 19 heavy (non-hydrogen) atoms. The summed E-state index contributed by atoms with van der Waals surface area (Å²) >= 11 is 5.92. The van der Waals surface area contributed by atoms with Crippen LogP contribution in [0.5, 0.6) is 17.2 Å². The SMILES string of the molecule is COc1cc(Cl)cc(NCOc2ccccc2)c1O. The lowest BCUT2D eigenvalue weighted by Gasteiger charge is -2.12. The first-order valence-corrected chi connectivity index (χ1v) is 6.06. The molecular formula is C14H14ClNO3. The molecule has 0 aromatic heterocycles. The highest BCUT2D eigenvalue weighted by molar-refractivity contribution is 6.31. The Kier molecular flexibility index (Phi) is 4.36. The van der Waals surface area contributed by atoms with Gasteiger partial charge in [-0.2, -0.15) is 0 Å². The zero-order valence-corrected chi connectivity index (χ0v) is 11.1. The third-order valence-corrected chi connectivity index (χ3v) is 2.72. The van der Waals surface area contributed by atoms with Gasteiger partial charge in [0.25, 0.3) is 0 Å². The number of hydrogen-bond donors (Lipinski definition) is 2. The first kappa shape index (κ1) is 13.4. The Hall–Kier alpha value is -2.07. The highest BCUT2D eigenvalue weighted by Crippen LogP contribution is 2.37. The number of rotatable bonds is 5. The second-order valence-electron chi connectivity index (χ2n) is 3.78. The molecule has 0 saturated carbocycles. The summed E-state index contributed by atoms with van der Waals surface area (Å²) in [7, 11) is 1.47. The van der Waals surface area contributed by atoms with E-state index >= 15 is 0 Å². The minimum atomic E-state index is 0.00330. The quantitative estimate of drug-likeness (QED) is 0.650. The van der Waals surface area contributed by atoms with E-state index in [0.29, 0.717) is 16.5 Å². The zero-order valence-electron chi connectivity index (χ0n) is 10.4. The van der Waals surface area contributed by atoms with E-state index in [4.69, 9.17) is 21.1 Å². The maximum Gasteiger partial charge on any atom is 0.181 e. The average molecular weight is 280 g/mol. The van der Waals surface area contributed by atoms with Crippen molar-refractivity contribution in [2.75, 3.05) is 19.2 Å². The van der Waals surface area contributed by atoms with Gasteiger partial charge in [-0.05, 0) is 18.2 Å². The lowest BCUT2D eigenvalue weighted by Crippen LogP contribution is -2.09. The van der Waals surface area contributed by atoms with Crippen molar-refractivity contribution in [2.24, 2.45) is 0 Å². The van der Waals surface area contributed by atoms with Crippen LogP contribution in [-0.2, 0) is 0 Å². The minimum absolute atomic E-state index is 0.00330. The molecule has 0 atom stereocenters. The second-order valence-corrected chi connectivity index (χ2v) is 4.22. The molecule has 0 amide bonds. The van der Waals surface area contributed by atoms with Gasteiger partial charge in [-0.1, -0.05) is 29.8 Å². The lowest BCUT2D eigenvalue weighted by molar-refractivity contribution is 0.343. The number of ether oxygens (including phenoxy) is 2. The molecule has 2 aromatic rings. The number of anilines is 1. The summed E-state index contributed by atoms with van der Waals surface area (Å²) in [6.45, 7) is 0.209. The van der Waals surface area contributed by atoms with Crippen LogP contribution in [0.2, 0.25) is 5.02 Å². The third-order valence-electron chi connectivity index (χ3n) is 2.50. The molecule has 0 bridgehead atoms. The highest BCUT2D eigenvalue weighted by Gasteiger charge is 2.09. The van der Waals surface area contributed by atoms with E-state index < -0.39 is 0 Å². The number of halogens is 1. The Morgan fingerprint density at radius 2 is 1.95 bits per heavy atom. The van der Waals surface area contributed by atoms with Crippen LogP contribution in [0.25, 0.3) is 0 Å². The zero-order chi connectivity index (χ0) is 13.7. The van der Waals surface area contributed by atoms with Crippen LogP contribution in [0.3, 0.4) is 0 Å². The van der Waals surface area contributed by atoms with Crippen LogP contribution in [0.4, 0.5) is 5.69 Å². The molecule has 4 nitrogen and oxygen atoms in total. The third kappa shape index (κ3) is 3.45. The first-order valence-electron chi connectivity index (χ1n) is 5.69. The van der Waals surface area contributed by atoms with Gasteiger partial charge in [0.1, 0.15) is 5.75 Å². The standard InChI is InChI=1S/C14H14ClNO3/c1-18-13-8-10(15)7-12(14(13)17)16-9-19-11-5-3-2-4-6-11/h2-8,16-17H,9H2,1H3. The van der Waals surface area contributed by atoms with Crippen LogP contribution < -0.4 is 14.8 Å². The van der Waals surface area contributed by atoms with Gasteiger partial charge >= 0.3 is 0 Å². The van der Waals surface area contributed by atoms with Crippen molar-refractivity contribution in [3.63, 3.8) is 0 Å². The van der Waals surface area contributed by atoms with Gasteiger partial charge in [-0.15, -0.1) is 0 Å². The molecule has 0 fully saturated rings. The molecule has 100 valence electrons. The number of methoxy groups -OCH3 is 1. The molecule has 0 heterocycles. The van der Waals surface area contributed by atoms with Crippen LogP contribution in [0, 0.1) is 0 Å². The summed E-state index contributed by atoms with van der Waals surface area (Å²) in [5.41, 5.74) is 0.459. The highest BCUT2D eigenvalue weighted by atomic mass is 35.5. The fourth-order valence-corrected chi connectivity index (χ4v) is 1.79. The largest absolute Gasteiger partial charge is 0.503 e. The van der Waals surface area contributed by atoms with Gasteiger partial charge in [0.15, 0.2) is 18.2 Å². The van der Waals surface area contributed by atoms with Crippen molar-refractivity contribution in [3.8, 4) is 17.2 Å². The van der Waals surface area contributed by atoms with Crippen molar-refractivity contribution in [1.82, 2.24) is 0 Å². The van der Waals surface area contributed by atoms with Gasteiger partial charge in [0.05, 0.1) is 12.8 Å². The number of aromatic hydroxyl groups is 1. The van der Waals surface area contributed by atoms with E-state index in [-0.39, 0.29) is 12.5 Å². The summed E-state index contributed by atoms with van der Waals surface area (Å²) in [4.78, 5) is 0. The fraction of sp³-hybridized carbons (Fsp3) is 0.143. The van der Waals surface area contributed by atoms with Gasteiger partial charge in [-0.25, -0.2) is 0 Å². The first-order chi connectivity index (χ1) is 9.20. The van der Waals surface area contributed by atoms with Crippen molar-refractivity contribution >= 4 is 17.3 Å². The molecular weight excluding hydrogens is 266 g/mol. The lowest BCUT2D eigenvalue weighted by atomic mass is 10.2. The van der Waals surface area contributed by atoms with Crippen molar-refractivity contribution in [2.45, 2.75) is 0 Å². The molecule has 0 aliphatic rings. The normalized spacial score (nSPS) is 10.0. The Labute approximate surface area is 116 Å². The van der Waals surface area contributed by atoms with Gasteiger partial charge < -0.3 is 19.9 Å². The van der Waals surface area contributed by atoms with Crippen molar-refractivity contribution in [1.29, 1.82) is 0 Å². The van der Waals surface area contributed by atoms with Gasteiger partial charge in [0, 0.05) is 11.1 Å². The average Bonchev–Trinajstić information content (AvgIpc) is 2.43. The molecule has 0 unspecified atom stereocenters. The molecule has 0 aliphatic carbocycles. The molecule has 5 heteroatoms. The molecule has 0 aliphatic heterocycles. The summed E-state index contributed by atoms with van der Waals surface area (Å²) in [6.07, 6.45) is 0. The minimum Gasteiger partial charge on any atom is -0.503 e. The van der Waals surface area contributed by atoms with Crippen LogP contribution in [0.15, 0.2) is 42.5 Å². The van der Waals surface area contributed by atoms with Gasteiger partial charge in [-0.3, -0.25) is 0 Å². The smallest absolute Gasteiger partial charge is 0.181 e. The van der Waals surface area contributed by atoms with E-state index in [1.807, 2.05) is 30.3 Å². The number of benzene rings is 2. The van der Waals surface area contributed by atoms with Crippen LogP contribution in [-0.4, -0.2) is 18.9 Å². The Balaban J connectivity index is 2.02. The molecule has 0 spiro atoms. The maximum absolute atomic E-state index is 9.91. The number of para-hydroxylation sites is 1. The summed E-state index contributed by atoms with van der Waals surface area (Å²) in [5, 5.41) is 13.3. The van der Waals surface area contributed by atoms with Crippen LogP contribution >= 0.6 is 11.6 Å². The van der Waals surface area contributed by atoms with Crippen molar-refractivity contribution in [3.05, 3.63) is 47.5 Å². The molecule has 0 radical (unpaired) electrons. The number of phenolic OH excluding ortho intramolecular Hbond substituents is 1. The Morgan fingerprint density at radius 1 is 1.21 bits per heavy atom. The molecule has 2 rings (SSSR count). The molecule has 2 N–H and O–H groups in total. The molecule has 0 saturated heterocycles. The molecule has 2 aromatic carbocycles. The fourth-order valence-electron chi connectivity index (χ4n) is 1.58. The van der Waals surface area contributed by atoms with E-state index in [1.54, 1.807) is 12.1 Å².